The van der Waals surface area contributed by atoms with Crippen LogP contribution in [0.15, 0.2) is 35.9 Å². The van der Waals surface area contributed by atoms with Crippen LogP contribution in [0.2, 0.25) is 0 Å². The van der Waals surface area contributed by atoms with Crippen LogP contribution in [-0.4, -0.2) is 63.0 Å². The maximum atomic E-state index is 11.5. The molecule has 1 aromatic rings. The minimum atomic E-state index is -0.0762. The number of hydrogen-bond donors (Lipinski definition) is 0. The Hall–Kier alpha value is -0.0636. The van der Waals surface area contributed by atoms with Crippen molar-refractivity contribution in [2.24, 2.45) is 0 Å². The van der Waals surface area contributed by atoms with Gasteiger partial charge in [0.05, 0.1) is 0 Å². The quantitative estimate of drug-likeness (QED) is 0.609. The molecule has 0 aliphatic heterocycles. The third kappa shape index (κ3) is 1.97. The van der Waals surface area contributed by atoms with Gasteiger partial charge in [0.1, 0.15) is 0 Å². The van der Waals surface area contributed by atoms with Crippen LogP contribution >= 0.6 is 0 Å². The molecule has 0 unspecified atom stereocenters. The van der Waals surface area contributed by atoms with Crippen LogP contribution in [-0.2, 0) is 0 Å². The molecule has 0 amide bonds. The predicted molar refractivity (Wildman–Crippen MR) is 56.0 cm³/mol. The number of rotatable bonds is 0. The Labute approximate surface area is 125 Å². The van der Waals surface area contributed by atoms with E-state index in [0.717, 1.165) is 0 Å². The molecule has 0 bridgehead atoms. The third-order valence-electron chi connectivity index (χ3n) is 2.14. The molecule has 2 nitrogen and oxygen atoms in total. The molecule has 0 atom stereocenters. The van der Waals surface area contributed by atoms with Crippen LogP contribution in [0.3, 0.4) is 0 Å². The molecule has 1 aromatic carbocycles. The summed E-state index contributed by atoms with van der Waals surface area (Å²) in [6.07, 6.45) is 1.39. The van der Waals surface area contributed by atoms with Gasteiger partial charge in [0.15, 0.2) is 11.6 Å². The third-order valence-corrected chi connectivity index (χ3v) is 2.14. The first-order valence-corrected chi connectivity index (χ1v) is 4.06. The molecular weight excluding hydrogens is 203 g/mol. The molecule has 0 heterocycles. The van der Waals surface area contributed by atoms with Gasteiger partial charge < -0.3 is 0 Å². The molecule has 0 fully saturated rings. The Balaban J connectivity index is 0.000000980. The van der Waals surface area contributed by atoms with Crippen LogP contribution < -0.4 is 0 Å². The Morgan fingerprint density at radius 2 is 1.57 bits per heavy atom. The number of allylic oxidation sites excluding steroid dienone is 2. The van der Waals surface area contributed by atoms with Gasteiger partial charge >= 0.3 is 51.4 Å². The Kier molecular flexibility index (Phi) is 3.98. The molecule has 14 heavy (non-hydrogen) atoms. The molecule has 0 saturated carbocycles. The second kappa shape index (κ2) is 4.64. The Morgan fingerprint density at radius 1 is 1.00 bits per heavy atom. The van der Waals surface area contributed by atoms with E-state index in [1.807, 2.05) is 0 Å². The summed E-state index contributed by atoms with van der Waals surface area (Å²) in [5, 5.41) is 0. The summed E-state index contributed by atoms with van der Waals surface area (Å²) in [7, 11) is 0. The zero-order chi connectivity index (χ0) is 9.42. The molecule has 0 saturated heterocycles. The van der Waals surface area contributed by atoms with Gasteiger partial charge in [-0.1, -0.05) is 24.3 Å². The summed E-state index contributed by atoms with van der Waals surface area (Å²) in [4.78, 5) is 23.0. The molecule has 0 radical (unpaired) electrons. The van der Waals surface area contributed by atoms with E-state index in [4.69, 9.17) is 0 Å². The summed E-state index contributed by atoms with van der Waals surface area (Å²) in [6.45, 7) is 1.66. The fourth-order valence-corrected chi connectivity index (χ4v) is 1.45. The monoisotopic (exact) mass is 212 g/mol. The van der Waals surface area contributed by atoms with E-state index in [2.05, 4.69) is 0 Å². The maximum absolute atomic E-state index is 11.5. The first-order chi connectivity index (χ1) is 6.20. The SMILES string of the molecule is CC1=CC(=O)c2ccccc2C1=O.[KH]. The van der Waals surface area contributed by atoms with Crippen molar-refractivity contribution in [1.82, 2.24) is 0 Å². The van der Waals surface area contributed by atoms with E-state index in [1.165, 1.54) is 6.08 Å². The van der Waals surface area contributed by atoms with Crippen LogP contribution in [0.5, 0.6) is 0 Å². The van der Waals surface area contributed by atoms with Gasteiger partial charge in [0.2, 0.25) is 0 Å². The number of fused-ring (bicyclic) bond motifs is 1. The van der Waals surface area contributed by atoms with E-state index < -0.39 is 0 Å². The minimum absolute atomic E-state index is 0. The summed E-state index contributed by atoms with van der Waals surface area (Å²) in [6, 6.07) is 6.89. The van der Waals surface area contributed by atoms with Crippen molar-refractivity contribution in [2.45, 2.75) is 6.92 Å². The van der Waals surface area contributed by atoms with E-state index in [0.29, 0.717) is 16.7 Å². The number of benzene rings is 1. The van der Waals surface area contributed by atoms with Crippen LogP contribution in [0, 0.1) is 0 Å². The molecule has 0 spiro atoms. The Bertz CT molecular complexity index is 433. The van der Waals surface area contributed by atoms with Crippen molar-refractivity contribution in [2.75, 3.05) is 0 Å². The van der Waals surface area contributed by atoms with Crippen LogP contribution in [0.4, 0.5) is 0 Å². The van der Waals surface area contributed by atoms with Crippen molar-refractivity contribution in [3.8, 4) is 0 Å². The first-order valence-electron chi connectivity index (χ1n) is 4.06. The van der Waals surface area contributed by atoms with E-state index >= 15 is 0 Å². The van der Waals surface area contributed by atoms with Gasteiger partial charge in [-0.25, -0.2) is 0 Å². The van der Waals surface area contributed by atoms with Gasteiger partial charge in [-0.05, 0) is 13.0 Å². The normalized spacial score (nSPS) is 14.2. The van der Waals surface area contributed by atoms with Crippen molar-refractivity contribution in [3.63, 3.8) is 0 Å². The summed E-state index contributed by atoms with van der Waals surface area (Å²) >= 11 is 0. The molecule has 1 aliphatic rings. The van der Waals surface area contributed by atoms with Gasteiger partial charge in [-0.2, -0.15) is 0 Å². The standard InChI is InChI=1S/C11H8O2.K.H/c1-7-6-10(12)8-4-2-3-5-9(8)11(7)13;;/h2-6H,1H3;;. The summed E-state index contributed by atoms with van der Waals surface area (Å²) in [5.41, 5.74) is 1.55. The molecule has 2 rings (SSSR count). The molecule has 0 aromatic heterocycles. The fourth-order valence-electron chi connectivity index (χ4n) is 1.45. The average molecular weight is 212 g/mol. The second-order valence-electron chi connectivity index (χ2n) is 3.07. The number of ketones is 2. The average Bonchev–Trinajstić information content (AvgIpc) is 2.15. The van der Waals surface area contributed by atoms with E-state index in [1.54, 1.807) is 31.2 Å². The van der Waals surface area contributed by atoms with E-state index in [-0.39, 0.29) is 63.0 Å². The van der Waals surface area contributed by atoms with Crippen LogP contribution in [0.1, 0.15) is 27.6 Å². The number of Topliss-reactive ketones (excluding diaryl/α,β-unsaturated/α-hetero) is 1. The molecular formula is C11H9KO2. The zero-order valence-electron chi connectivity index (χ0n) is 7.20. The molecule has 3 heteroatoms. The fraction of sp³-hybridized carbons (Fsp3) is 0.0909. The molecule has 0 N–H and O–H groups in total. The van der Waals surface area contributed by atoms with Gasteiger partial charge in [-0.3, -0.25) is 9.59 Å². The van der Waals surface area contributed by atoms with Crippen molar-refractivity contribution < 1.29 is 9.59 Å². The molecule has 66 valence electrons. The molecule has 1 aliphatic carbocycles. The number of hydrogen-bond acceptors (Lipinski definition) is 2. The van der Waals surface area contributed by atoms with Crippen molar-refractivity contribution in [3.05, 3.63) is 47.0 Å². The Morgan fingerprint density at radius 3 is 2.21 bits per heavy atom. The van der Waals surface area contributed by atoms with Crippen molar-refractivity contribution >= 4 is 63.0 Å². The first kappa shape index (κ1) is 12.0. The van der Waals surface area contributed by atoms with Crippen LogP contribution in [0.25, 0.3) is 0 Å². The summed E-state index contributed by atoms with van der Waals surface area (Å²) in [5.74, 6) is -0.122. The second-order valence-corrected chi connectivity index (χ2v) is 3.07. The number of carbonyl (C=O) groups excluding carboxylic acids is 2. The van der Waals surface area contributed by atoms with E-state index in [9.17, 15) is 9.59 Å². The zero-order valence-corrected chi connectivity index (χ0v) is 7.20. The topological polar surface area (TPSA) is 34.1 Å². The summed E-state index contributed by atoms with van der Waals surface area (Å²) < 4.78 is 0. The van der Waals surface area contributed by atoms with Gasteiger partial charge in [0, 0.05) is 16.7 Å². The predicted octanol–water partition coefficient (Wildman–Crippen LogP) is 1.36. The number of carbonyl (C=O) groups is 2. The van der Waals surface area contributed by atoms with Gasteiger partial charge in [0.25, 0.3) is 0 Å². The van der Waals surface area contributed by atoms with Crippen molar-refractivity contribution in [1.29, 1.82) is 0 Å². The van der Waals surface area contributed by atoms with Gasteiger partial charge in [-0.15, -0.1) is 0 Å².